The highest BCUT2D eigenvalue weighted by Gasteiger charge is 2.19. The Labute approximate surface area is 192 Å². The molecule has 0 atom stereocenters. The zero-order chi connectivity index (χ0) is 19.2. The Morgan fingerprint density at radius 3 is 2.33 bits per heavy atom. The molecule has 0 bridgehead atoms. The summed E-state index contributed by atoms with van der Waals surface area (Å²) in [6, 6.07) is 21.2. The number of hydrogen-bond acceptors (Lipinski definition) is 3. The lowest BCUT2D eigenvalue weighted by Gasteiger charge is -2.35. The summed E-state index contributed by atoms with van der Waals surface area (Å²) < 4.78 is 0. The number of aryl methyl sites for hydroxylation is 1. The summed E-state index contributed by atoms with van der Waals surface area (Å²) in [6.45, 7) is 7.59. The lowest BCUT2D eigenvalue weighted by molar-refractivity contribution is 0.271. The highest BCUT2D eigenvalue weighted by atomic mass is 35.5. The van der Waals surface area contributed by atoms with E-state index in [1.807, 2.05) is 0 Å². The molecule has 158 valence electrons. The van der Waals surface area contributed by atoms with Crippen molar-refractivity contribution in [3.05, 3.63) is 71.9 Å². The number of hydrogen-bond donors (Lipinski definition) is 0. The summed E-state index contributed by atoms with van der Waals surface area (Å²) in [5.74, 6) is 7.71. The molecule has 1 aliphatic heterocycles. The van der Waals surface area contributed by atoms with Crippen molar-refractivity contribution in [2.75, 3.05) is 37.6 Å². The van der Waals surface area contributed by atoms with Gasteiger partial charge in [0.25, 0.3) is 0 Å². The number of pyridine rings is 1. The van der Waals surface area contributed by atoms with Gasteiger partial charge in [-0.05, 0) is 35.9 Å². The fourth-order valence-electron chi connectivity index (χ4n) is 3.77. The highest BCUT2D eigenvalue weighted by molar-refractivity contribution is 5.93. The minimum atomic E-state index is 0. The Bertz CT molecular complexity index is 987. The Balaban J connectivity index is 0.00000160. The van der Waals surface area contributed by atoms with Crippen molar-refractivity contribution in [3.8, 4) is 11.8 Å². The van der Waals surface area contributed by atoms with Crippen LogP contribution in [0.1, 0.15) is 24.6 Å². The van der Waals surface area contributed by atoms with E-state index in [1.165, 1.54) is 16.3 Å². The first-order valence-corrected chi connectivity index (χ1v) is 10.2. The van der Waals surface area contributed by atoms with Gasteiger partial charge in [-0.15, -0.1) is 24.8 Å². The minimum Gasteiger partial charge on any atom is -0.353 e. The smallest absolute Gasteiger partial charge is 0.138 e. The quantitative estimate of drug-likeness (QED) is 0.518. The van der Waals surface area contributed by atoms with Crippen molar-refractivity contribution in [2.45, 2.75) is 19.8 Å². The van der Waals surface area contributed by atoms with E-state index < -0.39 is 0 Å². The molecule has 0 amide bonds. The summed E-state index contributed by atoms with van der Waals surface area (Å²) in [6.07, 6.45) is 1.83. The molecule has 0 radical (unpaired) electrons. The van der Waals surface area contributed by atoms with Gasteiger partial charge in [0.05, 0.1) is 0 Å². The average Bonchev–Trinajstić information content (AvgIpc) is 2.77. The normalized spacial score (nSPS) is 13.7. The van der Waals surface area contributed by atoms with Gasteiger partial charge in [-0.3, -0.25) is 0 Å². The second kappa shape index (κ2) is 11.8. The van der Waals surface area contributed by atoms with Crippen LogP contribution in [0.25, 0.3) is 10.8 Å². The van der Waals surface area contributed by atoms with Crippen molar-refractivity contribution in [2.24, 2.45) is 0 Å². The number of benzene rings is 2. The van der Waals surface area contributed by atoms with Crippen LogP contribution in [0, 0.1) is 11.8 Å². The standard InChI is InChI=1S/C25H27N3.2ClH/c1-2-27-16-18-28(19-17-27)25-24-15-9-7-13-22(24)20-23(26-25)14-8-6-12-21-10-4-3-5-11-21;;/h3-5,7,9-11,13,15,20H,2,6,12,16-19H2,1H3;2*1H. The number of nitrogens with zero attached hydrogens (tertiary/aromatic N) is 3. The number of anilines is 1. The van der Waals surface area contributed by atoms with Gasteiger partial charge in [-0.2, -0.15) is 0 Å². The molecule has 4 rings (SSSR count). The zero-order valence-corrected chi connectivity index (χ0v) is 19.0. The molecule has 1 aromatic heterocycles. The molecule has 3 aromatic rings. The number of rotatable bonds is 4. The maximum atomic E-state index is 4.95. The van der Waals surface area contributed by atoms with Crippen LogP contribution < -0.4 is 4.90 Å². The minimum absolute atomic E-state index is 0. The lowest BCUT2D eigenvalue weighted by atomic mass is 10.1. The van der Waals surface area contributed by atoms with E-state index in [0.29, 0.717) is 0 Å². The molecule has 0 saturated carbocycles. The number of fused-ring (bicyclic) bond motifs is 1. The van der Waals surface area contributed by atoms with Crippen LogP contribution in [0.4, 0.5) is 5.82 Å². The summed E-state index contributed by atoms with van der Waals surface area (Å²) in [5.41, 5.74) is 2.21. The Kier molecular flexibility index (Phi) is 9.46. The van der Waals surface area contributed by atoms with Gasteiger partial charge < -0.3 is 9.80 Å². The molecule has 1 saturated heterocycles. The Hall–Kier alpha value is -2.25. The Morgan fingerprint density at radius 2 is 1.60 bits per heavy atom. The van der Waals surface area contributed by atoms with E-state index in [0.717, 1.165) is 57.1 Å². The largest absolute Gasteiger partial charge is 0.353 e. The molecular formula is C25H29Cl2N3. The van der Waals surface area contributed by atoms with Gasteiger partial charge in [0.1, 0.15) is 11.5 Å². The number of likely N-dealkylation sites (N-methyl/N-ethyl adjacent to an activating group) is 1. The molecule has 0 unspecified atom stereocenters. The van der Waals surface area contributed by atoms with Crippen molar-refractivity contribution in [1.29, 1.82) is 0 Å². The van der Waals surface area contributed by atoms with Crippen molar-refractivity contribution < 1.29 is 0 Å². The number of aromatic nitrogens is 1. The lowest BCUT2D eigenvalue weighted by Crippen LogP contribution is -2.46. The van der Waals surface area contributed by atoms with Crippen LogP contribution >= 0.6 is 24.8 Å². The zero-order valence-electron chi connectivity index (χ0n) is 17.4. The van der Waals surface area contributed by atoms with Crippen LogP contribution in [0.15, 0.2) is 60.7 Å². The molecule has 1 aliphatic rings. The fraction of sp³-hybridized carbons (Fsp3) is 0.320. The maximum Gasteiger partial charge on any atom is 0.138 e. The molecular weight excluding hydrogens is 413 g/mol. The predicted molar refractivity (Wildman–Crippen MR) is 132 cm³/mol. The van der Waals surface area contributed by atoms with Crippen LogP contribution in [0.5, 0.6) is 0 Å². The molecule has 0 spiro atoms. The molecule has 1 fully saturated rings. The summed E-state index contributed by atoms with van der Waals surface area (Å²) in [4.78, 5) is 9.87. The summed E-state index contributed by atoms with van der Waals surface area (Å²) in [7, 11) is 0. The van der Waals surface area contributed by atoms with E-state index in [-0.39, 0.29) is 24.8 Å². The van der Waals surface area contributed by atoms with Crippen LogP contribution in [-0.2, 0) is 6.42 Å². The molecule has 2 heterocycles. The van der Waals surface area contributed by atoms with Gasteiger partial charge in [-0.1, -0.05) is 67.4 Å². The van der Waals surface area contributed by atoms with Crippen molar-refractivity contribution >= 4 is 41.4 Å². The van der Waals surface area contributed by atoms with Gasteiger partial charge in [-0.25, -0.2) is 4.98 Å². The first kappa shape index (κ1) is 24.0. The highest BCUT2D eigenvalue weighted by Crippen LogP contribution is 2.26. The van der Waals surface area contributed by atoms with E-state index in [9.17, 15) is 0 Å². The van der Waals surface area contributed by atoms with Gasteiger partial charge >= 0.3 is 0 Å². The average molecular weight is 442 g/mol. The number of piperazine rings is 1. The van der Waals surface area contributed by atoms with Crippen LogP contribution in [0.3, 0.4) is 0 Å². The van der Waals surface area contributed by atoms with Gasteiger partial charge in [0, 0.05) is 38.0 Å². The van der Waals surface area contributed by atoms with Gasteiger partial charge in [0.2, 0.25) is 0 Å². The van der Waals surface area contributed by atoms with Crippen LogP contribution in [-0.4, -0.2) is 42.6 Å². The second-order valence-electron chi connectivity index (χ2n) is 7.26. The first-order chi connectivity index (χ1) is 13.8. The monoisotopic (exact) mass is 441 g/mol. The third kappa shape index (κ3) is 5.89. The molecule has 3 nitrogen and oxygen atoms in total. The predicted octanol–water partition coefficient (Wildman–Crippen LogP) is 5.20. The third-order valence-electron chi connectivity index (χ3n) is 5.44. The maximum absolute atomic E-state index is 4.95. The third-order valence-corrected chi connectivity index (χ3v) is 5.44. The van der Waals surface area contributed by atoms with Crippen molar-refractivity contribution in [1.82, 2.24) is 9.88 Å². The van der Waals surface area contributed by atoms with E-state index in [4.69, 9.17) is 4.98 Å². The van der Waals surface area contributed by atoms with Crippen LogP contribution in [0.2, 0.25) is 0 Å². The molecule has 0 N–H and O–H groups in total. The van der Waals surface area contributed by atoms with E-state index in [2.05, 4.69) is 89.2 Å². The van der Waals surface area contributed by atoms with Crippen molar-refractivity contribution in [3.63, 3.8) is 0 Å². The SMILES string of the molecule is CCN1CCN(c2nc(C#CCCc3ccccc3)cc3ccccc23)CC1.Cl.Cl. The fourth-order valence-corrected chi connectivity index (χ4v) is 3.77. The number of halogens is 2. The summed E-state index contributed by atoms with van der Waals surface area (Å²) >= 11 is 0. The van der Waals surface area contributed by atoms with E-state index >= 15 is 0 Å². The second-order valence-corrected chi connectivity index (χ2v) is 7.26. The van der Waals surface area contributed by atoms with E-state index in [1.54, 1.807) is 0 Å². The topological polar surface area (TPSA) is 19.4 Å². The van der Waals surface area contributed by atoms with Gasteiger partial charge in [0.15, 0.2) is 0 Å². The Morgan fingerprint density at radius 1 is 0.900 bits per heavy atom. The molecule has 0 aliphatic carbocycles. The molecule has 5 heteroatoms. The molecule has 2 aromatic carbocycles. The first-order valence-electron chi connectivity index (χ1n) is 10.2. The summed E-state index contributed by atoms with van der Waals surface area (Å²) in [5, 5.41) is 2.44. The molecule has 30 heavy (non-hydrogen) atoms.